The van der Waals surface area contributed by atoms with Crippen molar-refractivity contribution in [2.45, 2.75) is 105 Å². The lowest BCUT2D eigenvalue weighted by atomic mass is 9.44. The molecule has 4 aliphatic carbocycles. The molecular weight excluding hydrogens is 352 g/mol. The molecule has 0 spiro atoms. The molecule has 1 nitrogen and oxygen atoms in total. The van der Waals surface area contributed by atoms with E-state index in [1.165, 1.54) is 44.9 Å². The maximum atomic E-state index is 10.3. The molecule has 0 bridgehead atoms. The molecule has 166 valence electrons. The van der Waals surface area contributed by atoms with Crippen LogP contribution in [0.2, 0.25) is 0 Å². The van der Waals surface area contributed by atoms with Gasteiger partial charge in [0.2, 0.25) is 0 Å². The predicted molar refractivity (Wildman–Crippen MR) is 124 cm³/mol. The first-order chi connectivity index (χ1) is 13.7. The second kappa shape index (κ2) is 7.99. The normalized spacial score (nSPS) is 49.5. The molecule has 29 heavy (non-hydrogen) atoms. The SMILES string of the molecule is CC(C)C(C)/C=C/[C@@H](C)C1CCC2C3CC[C@@H]4C[C@H](O)CC[C@]4(C)C3CC[C@@]21C. The van der Waals surface area contributed by atoms with Crippen LogP contribution in [0.3, 0.4) is 0 Å². The van der Waals surface area contributed by atoms with Gasteiger partial charge in [-0.1, -0.05) is 53.7 Å². The molecule has 4 fully saturated rings. The Balaban J connectivity index is 1.50. The second-order valence-corrected chi connectivity index (χ2v) is 12.7. The van der Waals surface area contributed by atoms with E-state index < -0.39 is 0 Å². The molecule has 0 aromatic carbocycles. The lowest BCUT2D eigenvalue weighted by Crippen LogP contribution is -2.54. The lowest BCUT2D eigenvalue weighted by molar-refractivity contribution is -0.128. The molecule has 5 unspecified atom stereocenters. The quantitative estimate of drug-likeness (QED) is 0.485. The van der Waals surface area contributed by atoms with Crippen LogP contribution in [0.5, 0.6) is 0 Å². The topological polar surface area (TPSA) is 20.2 Å². The van der Waals surface area contributed by atoms with Crippen molar-refractivity contribution in [3.8, 4) is 0 Å². The summed E-state index contributed by atoms with van der Waals surface area (Å²) in [7, 11) is 0. The second-order valence-electron chi connectivity index (χ2n) is 12.7. The fraction of sp³-hybridized carbons (Fsp3) is 0.929. The summed E-state index contributed by atoms with van der Waals surface area (Å²) in [6.07, 6.45) is 17.1. The number of fused-ring (bicyclic) bond motifs is 5. The van der Waals surface area contributed by atoms with E-state index in [-0.39, 0.29) is 6.10 Å². The van der Waals surface area contributed by atoms with Crippen molar-refractivity contribution in [1.82, 2.24) is 0 Å². The van der Waals surface area contributed by atoms with E-state index in [1.54, 1.807) is 0 Å². The number of hydrogen-bond donors (Lipinski definition) is 1. The summed E-state index contributed by atoms with van der Waals surface area (Å²) in [5, 5.41) is 10.3. The molecule has 4 aliphatic rings. The summed E-state index contributed by atoms with van der Waals surface area (Å²) in [6.45, 7) is 14.9. The van der Waals surface area contributed by atoms with Crippen LogP contribution in [-0.2, 0) is 0 Å². The Morgan fingerprint density at radius 2 is 1.48 bits per heavy atom. The Morgan fingerprint density at radius 1 is 0.793 bits per heavy atom. The van der Waals surface area contributed by atoms with E-state index in [2.05, 4.69) is 53.7 Å². The zero-order valence-electron chi connectivity index (χ0n) is 20.2. The average Bonchev–Trinajstić information content (AvgIpc) is 3.03. The Bertz CT molecular complexity index is 607. The molecule has 0 heterocycles. The van der Waals surface area contributed by atoms with Crippen molar-refractivity contribution in [3.05, 3.63) is 12.2 Å². The van der Waals surface area contributed by atoms with Crippen LogP contribution in [-0.4, -0.2) is 11.2 Å². The van der Waals surface area contributed by atoms with E-state index in [0.29, 0.717) is 16.7 Å². The van der Waals surface area contributed by atoms with Gasteiger partial charge in [-0.15, -0.1) is 0 Å². The van der Waals surface area contributed by atoms with Gasteiger partial charge in [0, 0.05) is 0 Å². The van der Waals surface area contributed by atoms with Gasteiger partial charge in [0.1, 0.15) is 0 Å². The molecule has 0 amide bonds. The van der Waals surface area contributed by atoms with Crippen molar-refractivity contribution in [3.63, 3.8) is 0 Å². The first kappa shape index (κ1) is 21.9. The number of rotatable bonds is 4. The Hall–Kier alpha value is -0.300. The van der Waals surface area contributed by atoms with Crippen LogP contribution in [0.25, 0.3) is 0 Å². The number of aliphatic hydroxyl groups is 1. The van der Waals surface area contributed by atoms with Gasteiger partial charge in [0.05, 0.1) is 6.10 Å². The van der Waals surface area contributed by atoms with Gasteiger partial charge in [0.25, 0.3) is 0 Å². The van der Waals surface area contributed by atoms with Gasteiger partial charge >= 0.3 is 0 Å². The molecule has 0 aromatic rings. The average molecular weight is 401 g/mol. The highest BCUT2D eigenvalue weighted by atomic mass is 16.3. The van der Waals surface area contributed by atoms with Crippen LogP contribution in [0.1, 0.15) is 99.3 Å². The molecule has 4 saturated carbocycles. The van der Waals surface area contributed by atoms with Crippen molar-refractivity contribution >= 4 is 0 Å². The van der Waals surface area contributed by atoms with Crippen LogP contribution < -0.4 is 0 Å². The van der Waals surface area contributed by atoms with E-state index in [4.69, 9.17) is 0 Å². The fourth-order valence-electron chi connectivity index (χ4n) is 8.85. The number of allylic oxidation sites excluding steroid dienone is 2. The molecule has 0 aromatic heterocycles. The van der Waals surface area contributed by atoms with Crippen molar-refractivity contribution in [1.29, 1.82) is 0 Å². The van der Waals surface area contributed by atoms with E-state index in [9.17, 15) is 5.11 Å². The summed E-state index contributed by atoms with van der Waals surface area (Å²) in [5.74, 6) is 6.66. The van der Waals surface area contributed by atoms with Crippen LogP contribution >= 0.6 is 0 Å². The highest BCUT2D eigenvalue weighted by Crippen LogP contribution is 2.68. The Kier molecular flexibility index (Phi) is 6.04. The largest absolute Gasteiger partial charge is 0.393 e. The van der Waals surface area contributed by atoms with E-state index in [1.807, 2.05) is 0 Å². The van der Waals surface area contributed by atoms with Crippen LogP contribution in [0.15, 0.2) is 12.2 Å². The summed E-state index contributed by atoms with van der Waals surface area (Å²) >= 11 is 0. The maximum absolute atomic E-state index is 10.3. The van der Waals surface area contributed by atoms with Crippen LogP contribution in [0, 0.1) is 58.2 Å². The fourth-order valence-corrected chi connectivity index (χ4v) is 8.85. The van der Waals surface area contributed by atoms with Gasteiger partial charge in [-0.25, -0.2) is 0 Å². The number of aliphatic hydroxyl groups excluding tert-OH is 1. The monoisotopic (exact) mass is 400 g/mol. The van der Waals surface area contributed by atoms with Crippen molar-refractivity contribution in [2.24, 2.45) is 58.2 Å². The minimum atomic E-state index is -0.0183. The molecule has 0 radical (unpaired) electrons. The molecular formula is C28H48O. The highest BCUT2D eigenvalue weighted by molar-refractivity contribution is 5.11. The molecule has 0 saturated heterocycles. The Labute approximate surface area is 181 Å². The molecule has 10 atom stereocenters. The smallest absolute Gasteiger partial charge is 0.0543 e. The molecule has 1 N–H and O–H groups in total. The number of hydrogen-bond acceptors (Lipinski definition) is 1. The molecule has 1 heteroatoms. The highest BCUT2D eigenvalue weighted by Gasteiger charge is 2.60. The summed E-state index contributed by atoms with van der Waals surface area (Å²) < 4.78 is 0. The van der Waals surface area contributed by atoms with Crippen molar-refractivity contribution < 1.29 is 5.11 Å². The Morgan fingerprint density at radius 3 is 2.21 bits per heavy atom. The summed E-state index contributed by atoms with van der Waals surface area (Å²) in [4.78, 5) is 0. The molecule has 4 rings (SSSR count). The maximum Gasteiger partial charge on any atom is 0.0543 e. The summed E-state index contributed by atoms with van der Waals surface area (Å²) in [5.41, 5.74) is 1.07. The van der Waals surface area contributed by atoms with Gasteiger partial charge in [0.15, 0.2) is 0 Å². The third-order valence-electron chi connectivity index (χ3n) is 11.1. The predicted octanol–water partition coefficient (Wildman–Crippen LogP) is 7.49. The van der Waals surface area contributed by atoms with Gasteiger partial charge < -0.3 is 5.11 Å². The third-order valence-corrected chi connectivity index (χ3v) is 11.1. The summed E-state index contributed by atoms with van der Waals surface area (Å²) in [6, 6.07) is 0. The molecule has 0 aliphatic heterocycles. The van der Waals surface area contributed by atoms with Gasteiger partial charge in [-0.3, -0.25) is 0 Å². The first-order valence-electron chi connectivity index (χ1n) is 13.0. The first-order valence-corrected chi connectivity index (χ1v) is 13.0. The van der Waals surface area contributed by atoms with Crippen LogP contribution in [0.4, 0.5) is 0 Å². The lowest BCUT2D eigenvalue weighted by Gasteiger charge is -2.61. The zero-order chi connectivity index (χ0) is 21.0. The van der Waals surface area contributed by atoms with Gasteiger partial charge in [-0.05, 0) is 116 Å². The minimum Gasteiger partial charge on any atom is -0.393 e. The van der Waals surface area contributed by atoms with E-state index >= 15 is 0 Å². The van der Waals surface area contributed by atoms with E-state index in [0.717, 1.165) is 54.3 Å². The zero-order valence-corrected chi connectivity index (χ0v) is 20.2. The standard InChI is InChI=1S/C28H48O/c1-18(2)19(3)7-8-20(4)24-11-12-25-23-10-9-21-17-22(29)13-15-27(21,5)26(23)14-16-28(24,25)6/h7-8,18-26,29H,9-17H2,1-6H3/b8-7+/t19?,20-,21-,22-,23?,24?,25?,26?,27+,28-/m1/s1. The van der Waals surface area contributed by atoms with Gasteiger partial charge in [-0.2, -0.15) is 0 Å². The van der Waals surface area contributed by atoms with Crippen molar-refractivity contribution in [2.75, 3.05) is 0 Å². The third kappa shape index (κ3) is 3.66. The minimum absolute atomic E-state index is 0.0183.